The van der Waals surface area contributed by atoms with E-state index in [9.17, 15) is 5.11 Å². The first kappa shape index (κ1) is 20.3. The minimum Gasteiger partial charge on any atom is -0.474 e. The Balaban J connectivity index is 1.70. The van der Waals surface area contributed by atoms with Gasteiger partial charge in [-0.3, -0.25) is 10.00 Å². The van der Waals surface area contributed by atoms with Crippen molar-refractivity contribution in [1.82, 2.24) is 29.6 Å². The van der Waals surface area contributed by atoms with E-state index in [-0.39, 0.29) is 0 Å². The molecule has 158 valence electrons. The molecular weight excluding hydrogens is 406 g/mol. The average Bonchev–Trinajstić information content (AvgIpc) is 3.47. The van der Waals surface area contributed by atoms with Gasteiger partial charge in [-0.05, 0) is 19.2 Å². The quantitative estimate of drug-likeness (QED) is 0.274. The van der Waals surface area contributed by atoms with Crippen LogP contribution in [0.2, 0.25) is 0 Å². The molecule has 0 bridgehead atoms. The van der Waals surface area contributed by atoms with Crippen LogP contribution in [0.25, 0.3) is 16.7 Å². The fourth-order valence-electron chi connectivity index (χ4n) is 2.97. The number of nitrogens with zero attached hydrogens (tertiary/aromatic N) is 5. The van der Waals surface area contributed by atoms with Crippen molar-refractivity contribution in [3.63, 3.8) is 0 Å². The fraction of sp³-hybridized carbons (Fsp3) is 0.316. The minimum atomic E-state index is -0.713. The van der Waals surface area contributed by atoms with Gasteiger partial charge in [0.05, 0.1) is 29.7 Å². The summed E-state index contributed by atoms with van der Waals surface area (Å²) in [7, 11) is 5.19. The van der Waals surface area contributed by atoms with Gasteiger partial charge in [-0.15, -0.1) is 11.3 Å². The molecule has 0 fully saturated rings. The zero-order valence-electron chi connectivity index (χ0n) is 16.9. The van der Waals surface area contributed by atoms with E-state index >= 15 is 0 Å². The maximum Gasteiger partial charge on any atom is 0.244 e. The number of aryl methyl sites for hydroxylation is 1. The average molecular weight is 430 g/mol. The van der Waals surface area contributed by atoms with Gasteiger partial charge in [-0.25, -0.2) is 4.98 Å². The van der Waals surface area contributed by atoms with E-state index in [1.807, 2.05) is 41.5 Å². The third-order valence-corrected chi connectivity index (χ3v) is 5.40. The van der Waals surface area contributed by atoms with E-state index in [0.717, 1.165) is 27.3 Å². The summed E-state index contributed by atoms with van der Waals surface area (Å²) in [4.78, 5) is 10.0. The van der Waals surface area contributed by atoms with E-state index in [4.69, 9.17) is 9.47 Å². The lowest BCUT2D eigenvalue weighted by Crippen LogP contribution is -2.13. The Hall–Kier alpha value is -2.99. The Kier molecular flexibility index (Phi) is 5.95. The largest absolute Gasteiger partial charge is 0.474 e. The zero-order chi connectivity index (χ0) is 21.1. The number of aromatic nitrogens is 5. The molecule has 4 heterocycles. The van der Waals surface area contributed by atoms with Gasteiger partial charge >= 0.3 is 0 Å². The van der Waals surface area contributed by atoms with Gasteiger partial charge < -0.3 is 24.5 Å². The maximum atomic E-state index is 9.93. The van der Waals surface area contributed by atoms with Gasteiger partial charge in [-0.1, -0.05) is 0 Å². The van der Waals surface area contributed by atoms with Crippen LogP contribution in [0.1, 0.15) is 11.1 Å². The highest BCUT2D eigenvalue weighted by atomic mass is 32.1. The molecule has 4 aromatic rings. The summed E-state index contributed by atoms with van der Waals surface area (Å²) in [5.74, 6) is 0.848. The number of hydrogen-bond acceptors (Lipinski definition) is 9. The predicted molar refractivity (Wildman–Crippen MR) is 115 cm³/mol. The predicted octanol–water partition coefficient (Wildman–Crippen LogP) is 2.19. The van der Waals surface area contributed by atoms with Crippen molar-refractivity contribution < 1.29 is 14.6 Å². The van der Waals surface area contributed by atoms with Gasteiger partial charge in [0.15, 0.2) is 0 Å². The van der Waals surface area contributed by atoms with Crippen molar-refractivity contribution in [2.75, 3.05) is 32.7 Å². The molecule has 0 aliphatic rings. The second kappa shape index (κ2) is 8.79. The van der Waals surface area contributed by atoms with Crippen LogP contribution in [-0.2, 0) is 11.8 Å². The summed E-state index contributed by atoms with van der Waals surface area (Å²) < 4.78 is 14.7. The van der Waals surface area contributed by atoms with E-state index in [2.05, 4.69) is 25.7 Å². The standard InChI is InChI=1S/C19H23N7O3S/c1-20-17(27)15-8-12(11-30-15)22-19-23-14-4-5-26(13-9-21-25(2)10-13)16(14)18(24-19)29-7-6-28-3/h4-5,8-11,17,20,27H,6-7H2,1-3H3,(H,22,23,24). The molecule has 0 radical (unpaired) electrons. The highest BCUT2D eigenvalue weighted by molar-refractivity contribution is 7.10. The van der Waals surface area contributed by atoms with Crippen molar-refractivity contribution in [3.8, 4) is 11.6 Å². The van der Waals surface area contributed by atoms with Crippen molar-refractivity contribution >= 4 is 34.0 Å². The number of aliphatic hydroxyl groups is 1. The molecule has 0 saturated carbocycles. The molecular formula is C19H23N7O3S. The highest BCUT2D eigenvalue weighted by Gasteiger charge is 2.16. The number of thiophene rings is 1. The van der Waals surface area contributed by atoms with Crippen LogP contribution in [0, 0.1) is 0 Å². The molecule has 0 spiro atoms. The van der Waals surface area contributed by atoms with Gasteiger partial charge in [0.1, 0.15) is 18.4 Å². The van der Waals surface area contributed by atoms with Crippen molar-refractivity contribution in [1.29, 1.82) is 0 Å². The normalized spacial score (nSPS) is 12.4. The van der Waals surface area contributed by atoms with E-state index in [1.165, 1.54) is 11.3 Å². The van der Waals surface area contributed by atoms with Crippen LogP contribution in [0.4, 0.5) is 11.6 Å². The smallest absolute Gasteiger partial charge is 0.244 e. The number of anilines is 2. The monoisotopic (exact) mass is 429 g/mol. The van der Waals surface area contributed by atoms with Crippen molar-refractivity contribution in [2.24, 2.45) is 7.05 Å². The van der Waals surface area contributed by atoms with Gasteiger partial charge in [0, 0.05) is 36.8 Å². The Labute approximate surface area is 177 Å². The SMILES string of the molecule is CNC(O)c1cc(Nc2nc(OCCOC)c3c(ccn3-c3cnn(C)c3)n2)cs1. The van der Waals surface area contributed by atoms with Crippen LogP contribution >= 0.6 is 11.3 Å². The molecule has 0 aromatic carbocycles. The van der Waals surface area contributed by atoms with Crippen molar-refractivity contribution in [3.05, 3.63) is 41.0 Å². The van der Waals surface area contributed by atoms with E-state index in [0.29, 0.717) is 25.0 Å². The lowest BCUT2D eigenvalue weighted by molar-refractivity contribution is 0.144. The van der Waals surface area contributed by atoms with Crippen LogP contribution in [0.3, 0.4) is 0 Å². The van der Waals surface area contributed by atoms with Crippen LogP contribution in [0.5, 0.6) is 5.88 Å². The minimum absolute atomic E-state index is 0.358. The number of rotatable bonds is 9. The van der Waals surface area contributed by atoms with Gasteiger partial charge in [0.2, 0.25) is 11.8 Å². The molecule has 0 aliphatic heterocycles. The lowest BCUT2D eigenvalue weighted by atomic mass is 10.4. The summed E-state index contributed by atoms with van der Waals surface area (Å²) in [5.41, 5.74) is 3.16. The van der Waals surface area contributed by atoms with E-state index in [1.54, 1.807) is 25.0 Å². The Morgan fingerprint density at radius 2 is 2.17 bits per heavy atom. The summed E-state index contributed by atoms with van der Waals surface area (Å²) in [5, 5.41) is 22.1. The molecule has 0 amide bonds. The Morgan fingerprint density at radius 1 is 1.30 bits per heavy atom. The highest BCUT2D eigenvalue weighted by Crippen LogP contribution is 2.30. The molecule has 10 nitrogen and oxygen atoms in total. The second-order valence-corrected chi connectivity index (χ2v) is 7.48. The van der Waals surface area contributed by atoms with Crippen LogP contribution < -0.4 is 15.4 Å². The van der Waals surface area contributed by atoms with Gasteiger partial charge in [-0.2, -0.15) is 10.1 Å². The van der Waals surface area contributed by atoms with Gasteiger partial charge in [0.25, 0.3) is 0 Å². The Bertz CT molecular complexity index is 1140. The van der Waals surface area contributed by atoms with E-state index < -0.39 is 6.23 Å². The molecule has 1 unspecified atom stereocenters. The topological polar surface area (TPSA) is 111 Å². The summed E-state index contributed by atoms with van der Waals surface area (Å²) in [6.45, 7) is 0.800. The first-order chi connectivity index (χ1) is 14.6. The number of fused-ring (bicyclic) bond motifs is 1. The molecule has 0 saturated heterocycles. The number of methoxy groups -OCH3 is 1. The number of nitrogens with one attached hydrogen (secondary N) is 2. The first-order valence-corrected chi connectivity index (χ1v) is 10.2. The first-order valence-electron chi connectivity index (χ1n) is 9.29. The molecule has 3 N–H and O–H groups in total. The molecule has 4 rings (SSSR count). The third-order valence-electron chi connectivity index (χ3n) is 4.42. The van der Waals surface area contributed by atoms with Crippen LogP contribution in [0.15, 0.2) is 36.1 Å². The molecule has 30 heavy (non-hydrogen) atoms. The lowest BCUT2D eigenvalue weighted by Gasteiger charge is -2.11. The fourth-order valence-corrected chi connectivity index (χ4v) is 3.80. The van der Waals surface area contributed by atoms with Crippen molar-refractivity contribution in [2.45, 2.75) is 6.23 Å². The second-order valence-electron chi connectivity index (χ2n) is 6.54. The number of hydrogen-bond donors (Lipinski definition) is 3. The Morgan fingerprint density at radius 3 is 2.90 bits per heavy atom. The molecule has 11 heteroatoms. The molecule has 0 aliphatic carbocycles. The number of ether oxygens (including phenoxy) is 2. The molecule has 1 atom stereocenters. The summed E-state index contributed by atoms with van der Waals surface area (Å²) in [6, 6.07) is 3.76. The summed E-state index contributed by atoms with van der Waals surface area (Å²) >= 11 is 1.44. The zero-order valence-corrected chi connectivity index (χ0v) is 17.7. The third kappa shape index (κ3) is 4.14. The molecule has 4 aromatic heterocycles. The summed E-state index contributed by atoms with van der Waals surface area (Å²) in [6.07, 6.45) is 4.87. The van der Waals surface area contributed by atoms with Crippen LogP contribution in [-0.4, -0.2) is 56.8 Å². The number of aliphatic hydroxyl groups excluding tert-OH is 1. The maximum absolute atomic E-state index is 9.93.